The van der Waals surface area contributed by atoms with Crippen molar-refractivity contribution < 1.29 is 19.7 Å². The SMILES string of the molecule is [O-][NH+](NO)C1CCCCC1=[N+]1CCOCC1. The van der Waals surface area contributed by atoms with Gasteiger partial charge in [-0.2, -0.15) is 0 Å². The number of rotatable bonds is 2. The Morgan fingerprint density at radius 1 is 1.38 bits per heavy atom. The molecule has 92 valence electrons. The van der Waals surface area contributed by atoms with E-state index in [4.69, 9.17) is 9.94 Å². The first kappa shape index (κ1) is 11.9. The summed E-state index contributed by atoms with van der Waals surface area (Å²) in [7, 11) is 0. The largest absolute Gasteiger partial charge is 0.611 e. The van der Waals surface area contributed by atoms with Crippen molar-refractivity contribution in [1.82, 2.24) is 5.59 Å². The Morgan fingerprint density at radius 3 is 2.81 bits per heavy atom. The number of ether oxygens (including phenoxy) is 1. The molecule has 0 spiro atoms. The number of hydroxylamine groups is 1. The minimum atomic E-state index is -0.263. The molecular weight excluding hydrogens is 210 g/mol. The Bertz CT molecular complexity index is 262. The molecule has 0 bridgehead atoms. The molecule has 2 atom stereocenters. The molecule has 1 saturated carbocycles. The molecule has 16 heavy (non-hydrogen) atoms. The summed E-state index contributed by atoms with van der Waals surface area (Å²) in [5.41, 5.74) is 2.97. The Morgan fingerprint density at radius 2 is 2.12 bits per heavy atom. The highest BCUT2D eigenvalue weighted by Gasteiger charge is 2.34. The summed E-state index contributed by atoms with van der Waals surface area (Å²) in [6.45, 7) is 3.20. The minimum Gasteiger partial charge on any atom is -0.611 e. The van der Waals surface area contributed by atoms with Crippen LogP contribution in [0.15, 0.2) is 0 Å². The maximum absolute atomic E-state index is 11.6. The van der Waals surface area contributed by atoms with E-state index in [0.717, 1.165) is 52.0 Å². The lowest BCUT2D eigenvalue weighted by atomic mass is 9.93. The molecule has 0 radical (unpaired) electrons. The molecule has 2 fully saturated rings. The highest BCUT2D eigenvalue weighted by atomic mass is 16.7. The van der Waals surface area contributed by atoms with Gasteiger partial charge in [0, 0.05) is 12.8 Å². The molecule has 3 N–H and O–H groups in total. The lowest BCUT2D eigenvalue weighted by Crippen LogP contribution is -3.18. The van der Waals surface area contributed by atoms with Gasteiger partial charge >= 0.3 is 0 Å². The molecule has 0 aromatic rings. The second kappa shape index (κ2) is 5.70. The first-order valence-corrected chi connectivity index (χ1v) is 5.95. The summed E-state index contributed by atoms with van der Waals surface area (Å²) >= 11 is 0. The Balaban J connectivity index is 2.14. The number of nitrogens with one attached hydrogen (secondary N) is 2. The number of hydrogen-bond acceptors (Lipinski definition) is 4. The van der Waals surface area contributed by atoms with Crippen LogP contribution in [0.25, 0.3) is 0 Å². The zero-order valence-electron chi connectivity index (χ0n) is 9.45. The van der Waals surface area contributed by atoms with Crippen LogP contribution in [0.5, 0.6) is 0 Å². The molecule has 0 aromatic carbocycles. The number of hydrogen-bond donors (Lipinski definition) is 3. The van der Waals surface area contributed by atoms with Crippen LogP contribution in [0.1, 0.15) is 25.7 Å². The van der Waals surface area contributed by atoms with Crippen molar-refractivity contribution >= 4 is 5.71 Å². The predicted octanol–water partition coefficient (Wildman–Crippen LogP) is -1.31. The van der Waals surface area contributed by atoms with Crippen molar-refractivity contribution in [3.8, 4) is 0 Å². The Labute approximate surface area is 95.0 Å². The Hall–Kier alpha value is -0.530. The van der Waals surface area contributed by atoms with Gasteiger partial charge in [-0.1, -0.05) is 0 Å². The van der Waals surface area contributed by atoms with E-state index in [1.165, 1.54) is 5.71 Å². The molecule has 2 unspecified atom stereocenters. The van der Waals surface area contributed by atoms with Gasteiger partial charge in [0.1, 0.15) is 13.2 Å². The Kier molecular flexibility index (Phi) is 4.25. The average Bonchev–Trinajstić information content (AvgIpc) is 2.39. The molecule has 6 nitrogen and oxygen atoms in total. The van der Waals surface area contributed by atoms with E-state index in [1.807, 2.05) is 0 Å². The summed E-state index contributed by atoms with van der Waals surface area (Å²) in [5, 5.41) is 20.1. The van der Waals surface area contributed by atoms with Gasteiger partial charge in [0.2, 0.25) is 5.71 Å². The standard InChI is InChI=1S/C10H20N3O3/c14-11-13(15)10-4-2-1-3-9(10)12-5-7-16-8-6-12/h10-11,13-14H,1-8H2/q+1. The van der Waals surface area contributed by atoms with E-state index in [9.17, 15) is 5.21 Å². The quantitative estimate of drug-likeness (QED) is 0.407. The molecule has 2 aliphatic rings. The zero-order valence-corrected chi connectivity index (χ0v) is 9.45. The van der Waals surface area contributed by atoms with Gasteiger partial charge < -0.3 is 9.94 Å². The second-order valence-corrected chi connectivity index (χ2v) is 4.37. The lowest BCUT2D eigenvalue weighted by molar-refractivity contribution is -0.942. The summed E-state index contributed by atoms with van der Waals surface area (Å²) in [4.78, 5) is 0. The zero-order chi connectivity index (χ0) is 11.4. The first-order valence-electron chi connectivity index (χ1n) is 5.95. The summed E-state index contributed by atoms with van der Waals surface area (Å²) in [6, 6.07) is -0.142. The maximum Gasteiger partial charge on any atom is 0.213 e. The molecule has 1 heterocycles. The smallest absolute Gasteiger partial charge is 0.213 e. The first-order chi connectivity index (χ1) is 7.83. The van der Waals surface area contributed by atoms with Gasteiger partial charge in [0.05, 0.1) is 0 Å². The fraction of sp³-hybridized carbons (Fsp3) is 0.900. The molecule has 0 aromatic heterocycles. The van der Waals surface area contributed by atoms with Crippen LogP contribution in [0, 0.1) is 5.21 Å². The fourth-order valence-electron chi connectivity index (χ4n) is 2.58. The monoisotopic (exact) mass is 230 g/mol. The van der Waals surface area contributed by atoms with Crippen LogP contribution < -0.4 is 10.8 Å². The van der Waals surface area contributed by atoms with E-state index >= 15 is 0 Å². The molecule has 6 heteroatoms. The summed E-state index contributed by atoms with van der Waals surface area (Å²) in [6.07, 6.45) is 4.02. The van der Waals surface area contributed by atoms with Crippen LogP contribution >= 0.6 is 0 Å². The van der Waals surface area contributed by atoms with Crippen LogP contribution in [0.2, 0.25) is 0 Å². The number of morpholine rings is 1. The second-order valence-electron chi connectivity index (χ2n) is 4.37. The predicted molar refractivity (Wildman–Crippen MR) is 57.3 cm³/mol. The van der Waals surface area contributed by atoms with Gasteiger partial charge in [-0.05, 0) is 18.4 Å². The molecule has 2 rings (SSSR count). The normalized spacial score (nSPS) is 29.2. The van der Waals surface area contributed by atoms with Crippen LogP contribution in [-0.4, -0.2) is 47.8 Å². The van der Waals surface area contributed by atoms with Crippen molar-refractivity contribution in [3.05, 3.63) is 5.21 Å². The molecule has 1 saturated heterocycles. The van der Waals surface area contributed by atoms with Crippen molar-refractivity contribution in [1.29, 1.82) is 0 Å². The average molecular weight is 230 g/mol. The summed E-state index contributed by atoms with van der Waals surface area (Å²) < 4.78 is 7.56. The van der Waals surface area contributed by atoms with Gasteiger partial charge in [-0.15, -0.1) is 0 Å². The van der Waals surface area contributed by atoms with E-state index in [2.05, 4.69) is 4.58 Å². The van der Waals surface area contributed by atoms with E-state index in [0.29, 0.717) is 0 Å². The third-order valence-electron chi connectivity index (χ3n) is 3.42. The fourth-order valence-corrected chi connectivity index (χ4v) is 2.58. The number of nitrogens with zero attached hydrogens (tertiary/aromatic N) is 1. The van der Waals surface area contributed by atoms with Crippen molar-refractivity contribution in [2.45, 2.75) is 31.7 Å². The van der Waals surface area contributed by atoms with E-state index in [1.54, 1.807) is 5.59 Å². The van der Waals surface area contributed by atoms with Gasteiger partial charge in [0.15, 0.2) is 19.1 Å². The van der Waals surface area contributed by atoms with E-state index in [-0.39, 0.29) is 11.2 Å². The van der Waals surface area contributed by atoms with E-state index < -0.39 is 0 Å². The van der Waals surface area contributed by atoms with Gasteiger partial charge in [0.25, 0.3) is 0 Å². The van der Waals surface area contributed by atoms with Crippen LogP contribution in [0.3, 0.4) is 0 Å². The molecular formula is C10H20N3O3+. The third-order valence-corrected chi connectivity index (χ3v) is 3.42. The topological polar surface area (TPSA) is 72.0 Å². The van der Waals surface area contributed by atoms with Gasteiger partial charge in [-0.3, -0.25) is 10.4 Å². The maximum atomic E-state index is 11.6. The van der Waals surface area contributed by atoms with Gasteiger partial charge in [-0.25, -0.2) is 4.58 Å². The minimum absolute atomic E-state index is 0.142. The van der Waals surface area contributed by atoms with Crippen molar-refractivity contribution in [2.75, 3.05) is 26.3 Å². The number of quaternary nitrogens is 1. The van der Waals surface area contributed by atoms with Crippen LogP contribution in [0.4, 0.5) is 0 Å². The molecule has 1 aliphatic heterocycles. The molecule has 0 amide bonds. The van der Waals surface area contributed by atoms with Crippen molar-refractivity contribution in [3.63, 3.8) is 0 Å². The summed E-state index contributed by atoms with van der Waals surface area (Å²) in [5.74, 6) is 0. The third kappa shape index (κ3) is 2.58. The highest BCUT2D eigenvalue weighted by molar-refractivity contribution is 5.84. The highest BCUT2D eigenvalue weighted by Crippen LogP contribution is 2.14. The lowest BCUT2D eigenvalue weighted by Gasteiger charge is -2.31. The molecule has 1 aliphatic carbocycles. The van der Waals surface area contributed by atoms with Crippen molar-refractivity contribution in [2.24, 2.45) is 0 Å². The van der Waals surface area contributed by atoms with Crippen LogP contribution in [-0.2, 0) is 4.74 Å².